The van der Waals surface area contributed by atoms with Gasteiger partial charge in [-0.15, -0.1) is 11.3 Å². The molecule has 0 saturated carbocycles. The summed E-state index contributed by atoms with van der Waals surface area (Å²) in [6.45, 7) is 3.67. The van der Waals surface area contributed by atoms with Crippen LogP contribution < -0.4 is 5.32 Å². The fourth-order valence-corrected chi connectivity index (χ4v) is 2.97. The summed E-state index contributed by atoms with van der Waals surface area (Å²) in [5, 5.41) is 2.91. The van der Waals surface area contributed by atoms with Gasteiger partial charge < -0.3 is 24.3 Å². The van der Waals surface area contributed by atoms with Crippen molar-refractivity contribution in [2.45, 2.75) is 13.8 Å². The second kappa shape index (κ2) is 7.82. The number of hydrogen-bond acceptors (Lipinski definition) is 8. The summed E-state index contributed by atoms with van der Waals surface area (Å²) < 4.78 is 19.5. The number of esters is 2. The molecular formula is C15H17NO7S. The molecule has 1 aliphatic rings. The van der Waals surface area contributed by atoms with E-state index in [0.717, 1.165) is 16.7 Å². The van der Waals surface area contributed by atoms with Gasteiger partial charge in [0.2, 0.25) is 5.76 Å². The Bertz CT molecular complexity index is 692. The van der Waals surface area contributed by atoms with Gasteiger partial charge in [-0.1, -0.05) is 0 Å². The first-order valence-electron chi connectivity index (χ1n) is 7.04. The molecule has 0 atom stereocenters. The van der Waals surface area contributed by atoms with E-state index in [-0.39, 0.29) is 12.4 Å². The highest BCUT2D eigenvalue weighted by Gasteiger charge is 2.23. The zero-order chi connectivity index (χ0) is 17.7. The number of methoxy groups -OCH3 is 1. The summed E-state index contributed by atoms with van der Waals surface area (Å²) in [5.41, 5.74) is 1.03. The molecule has 2 rings (SSSR count). The monoisotopic (exact) mass is 355 g/mol. The third-order valence-corrected chi connectivity index (χ3v) is 4.34. The molecule has 0 aromatic carbocycles. The van der Waals surface area contributed by atoms with Crippen LogP contribution in [-0.2, 0) is 28.5 Å². The SMILES string of the molecule is COC(=O)c1c(NC(=O)COC(=O)C2=COCCO2)sc(C)c1C. The minimum absolute atomic E-state index is 0.0906. The molecule has 1 N–H and O–H groups in total. The van der Waals surface area contributed by atoms with Crippen LogP contribution in [0.15, 0.2) is 12.0 Å². The average molecular weight is 355 g/mol. The number of hydrogen-bond donors (Lipinski definition) is 1. The van der Waals surface area contributed by atoms with Gasteiger partial charge in [0.1, 0.15) is 24.5 Å². The van der Waals surface area contributed by atoms with Crippen LogP contribution in [0.3, 0.4) is 0 Å². The van der Waals surface area contributed by atoms with Crippen LogP contribution in [0.5, 0.6) is 0 Å². The third-order valence-electron chi connectivity index (χ3n) is 3.21. The first-order valence-corrected chi connectivity index (χ1v) is 7.85. The minimum Gasteiger partial charge on any atom is -0.493 e. The van der Waals surface area contributed by atoms with E-state index in [1.54, 1.807) is 6.92 Å². The lowest BCUT2D eigenvalue weighted by molar-refractivity contribution is -0.148. The van der Waals surface area contributed by atoms with Crippen molar-refractivity contribution < 1.29 is 33.3 Å². The largest absolute Gasteiger partial charge is 0.493 e. The number of nitrogens with one attached hydrogen (secondary N) is 1. The fraction of sp³-hybridized carbons (Fsp3) is 0.400. The Kier molecular flexibility index (Phi) is 5.80. The third kappa shape index (κ3) is 4.05. The van der Waals surface area contributed by atoms with Gasteiger partial charge in [-0.3, -0.25) is 4.79 Å². The van der Waals surface area contributed by atoms with Gasteiger partial charge in [0.05, 0.1) is 12.7 Å². The normalized spacial score (nSPS) is 13.2. The molecule has 1 aromatic heterocycles. The van der Waals surface area contributed by atoms with E-state index in [1.165, 1.54) is 18.4 Å². The van der Waals surface area contributed by atoms with Crippen molar-refractivity contribution in [1.82, 2.24) is 0 Å². The maximum absolute atomic E-state index is 12.0. The molecule has 0 fully saturated rings. The van der Waals surface area contributed by atoms with Crippen LogP contribution >= 0.6 is 11.3 Å². The number of rotatable bonds is 5. The Morgan fingerprint density at radius 1 is 1.25 bits per heavy atom. The maximum atomic E-state index is 12.0. The highest BCUT2D eigenvalue weighted by Crippen LogP contribution is 2.32. The molecular weight excluding hydrogens is 338 g/mol. The molecule has 0 unspecified atom stereocenters. The number of carbonyl (C=O) groups is 3. The van der Waals surface area contributed by atoms with Crippen molar-refractivity contribution >= 4 is 34.2 Å². The number of ether oxygens (including phenoxy) is 4. The molecule has 0 saturated heterocycles. The molecule has 0 aliphatic carbocycles. The van der Waals surface area contributed by atoms with E-state index in [1.807, 2.05) is 6.92 Å². The molecule has 0 radical (unpaired) electrons. The Balaban J connectivity index is 1.97. The lowest BCUT2D eigenvalue weighted by atomic mass is 10.1. The van der Waals surface area contributed by atoms with Crippen molar-refractivity contribution in [1.29, 1.82) is 0 Å². The second-order valence-corrected chi connectivity index (χ2v) is 6.03. The zero-order valence-electron chi connectivity index (χ0n) is 13.5. The van der Waals surface area contributed by atoms with Crippen LogP contribution in [0.25, 0.3) is 0 Å². The smallest absolute Gasteiger partial charge is 0.377 e. The number of thiophene rings is 1. The first-order chi connectivity index (χ1) is 11.4. The summed E-state index contributed by atoms with van der Waals surface area (Å²) in [5.74, 6) is -2.00. The maximum Gasteiger partial charge on any atom is 0.377 e. The predicted octanol–water partition coefficient (Wildman–Crippen LogP) is 1.52. The molecule has 24 heavy (non-hydrogen) atoms. The number of aryl methyl sites for hydroxylation is 1. The van der Waals surface area contributed by atoms with E-state index in [2.05, 4.69) is 5.32 Å². The van der Waals surface area contributed by atoms with E-state index in [0.29, 0.717) is 17.2 Å². The van der Waals surface area contributed by atoms with Crippen molar-refractivity contribution in [3.8, 4) is 0 Å². The number of carbonyl (C=O) groups excluding carboxylic acids is 3. The molecule has 130 valence electrons. The lowest BCUT2D eigenvalue weighted by Gasteiger charge is -2.14. The average Bonchev–Trinajstić information content (AvgIpc) is 2.86. The Hall–Kier alpha value is -2.55. The first kappa shape index (κ1) is 17.8. The van der Waals surface area contributed by atoms with E-state index in [4.69, 9.17) is 18.9 Å². The summed E-state index contributed by atoms with van der Waals surface area (Å²) in [7, 11) is 1.27. The van der Waals surface area contributed by atoms with Crippen molar-refractivity contribution in [2.75, 3.05) is 32.2 Å². The number of anilines is 1. The highest BCUT2D eigenvalue weighted by atomic mass is 32.1. The van der Waals surface area contributed by atoms with Gasteiger partial charge in [-0.25, -0.2) is 9.59 Å². The predicted molar refractivity (Wildman–Crippen MR) is 84.7 cm³/mol. The van der Waals surface area contributed by atoms with E-state index < -0.39 is 24.5 Å². The van der Waals surface area contributed by atoms with Gasteiger partial charge in [-0.2, -0.15) is 0 Å². The van der Waals surface area contributed by atoms with E-state index in [9.17, 15) is 14.4 Å². The topological polar surface area (TPSA) is 100 Å². The van der Waals surface area contributed by atoms with Gasteiger partial charge in [-0.05, 0) is 19.4 Å². The van der Waals surface area contributed by atoms with Gasteiger partial charge in [0, 0.05) is 4.88 Å². The van der Waals surface area contributed by atoms with Gasteiger partial charge >= 0.3 is 11.9 Å². The molecule has 0 spiro atoms. The molecule has 1 aliphatic heterocycles. The van der Waals surface area contributed by atoms with E-state index >= 15 is 0 Å². The van der Waals surface area contributed by atoms with Crippen LogP contribution in [0.2, 0.25) is 0 Å². The standard InChI is InChI=1S/C15H17NO7S/c1-8-9(2)24-13(12(8)15(19)20-3)16-11(17)7-23-14(18)10-6-21-4-5-22-10/h6H,4-5,7H2,1-3H3,(H,16,17). The van der Waals surface area contributed by atoms with Crippen LogP contribution in [0.4, 0.5) is 5.00 Å². The summed E-state index contributed by atoms with van der Waals surface area (Å²) in [4.78, 5) is 36.4. The van der Waals surface area contributed by atoms with Crippen LogP contribution in [0.1, 0.15) is 20.8 Å². The Labute approximate surface area is 142 Å². The Morgan fingerprint density at radius 3 is 2.62 bits per heavy atom. The fourth-order valence-electron chi connectivity index (χ4n) is 1.90. The summed E-state index contributed by atoms with van der Waals surface area (Å²) in [6.07, 6.45) is 1.14. The second-order valence-electron chi connectivity index (χ2n) is 4.80. The molecule has 1 amide bonds. The molecule has 8 nitrogen and oxygen atoms in total. The molecule has 1 aromatic rings. The molecule has 9 heteroatoms. The number of amides is 1. The molecule has 2 heterocycles. The minimum atomic E-state index is -0.795. The quantitative estimate of drug-likeness (QED) is 0.799. The van der Waals surface area contributed by atoms with Gasteiger partial charge in [0.15, 0.2) is 6.61 Å². The summed E-state index contributed by atoms with van der Waals surface area (Å²) >= 11 is 1.25. The van der Waals surface area contributed by atoms with Crippen molar-refractivity contribution in [3.05, 3.63) is 28.0 Å². The van der Waals surface area contributed by atoms with Crippen LogP contribution in [-0.4, -0.2) is 44.8 Å². The van der Waals surface area contributed by atoms with Gasteiger partial charge in [0.25, 0.3) is 5.91 Å². The highest BCUT2D eigenvalue weighted by molar-refractivity contribution is 7.16. The zero-order valence-corrected chi connectivity index (χ0v) is 14.3. The lowest BCUT2D eigenvalue weighted by Crippen LogP contribution is -2.24. The molecule has 0 bridgehead atoms. The van der Waals surface area contributed by atoms with Crippen LogP contribution in [0, 0.1) is 13.8 Å². The van der Waals surface area contributed by atoms with Crippen molar-refractivity contribution in [3.63, 3.8) is 0 Å². The Morgan fingerprint density at radius 2 is 2.00 bits per heavy atom. The van der Waals surface area contributed by atoms with Crippen molar-refractivity contribution in [2.24, 2.45) is 0 Å². The summed E-state index contributed by atoms with van der Waals surface area (Å²) in [6, 6.07) is 0.